The van der Waals surface area contributed by atoms with E-state index >= 15 is 0 Å². The van der Waals surface area contributed by atoms with Crippen LogP contribution in [0.4, 0.5) is 4.79 Å². The lowest BCUT2D eigenvalue weighted by Crippen LogP contribution is -2.29. The van der Waals surface area contributed by atoms with Gasteiger partial charge in [0.15, 0.2) is 0 Å². The molecule has 1 aliphatic rings. The van der Waals surface area contributed by atoms with E-state index in [1.165, 1.54) is 30.6 Å². The van der Waals surface area contributed by atoms with E-state index in [0.29, 0.717) is 22.9 Å². The van der Waals surface area contributed by atoms with Crippen LogP contribution in [0, 0.1) is 12.8 Å². The number of amides is 1. The lowest BCUT2D eigenvalue weighted by molar-refractivity contribution is 0.103. The van der Waals surface area contributed by atoms with Crippen LogP contribution in [0.3, 0.4) is 0 Å². The second kappa shape index (κ2) is 11.2. The van der Waals surface area contributed by atoms with E-state index in [9.17, 15) is 4.79 Å². The molecule has 1 amide bonds. The highest BCUT2D eigenvalue weighted by atomic mass is 35.5. The van der Waals surface area contributed by atoms with Gasteiger partial charge in [-0.25, -0.2) is 9.78 Å². The fourth-order valence-electron chi connectivity index (χ4n) is 3.67. The zero-order chi connectivity index (χ0) is 22.4. The second-order valence-electron chi connectivity index (χ2n) is 8.72. The van der Waals surface area contributed by atoms with E-state index in [0.717, 1.165) is 46.8 Å². The molecule has 1 saturated carbocycles. The summed E-state index contributed by atoms with van der Waals surface area (Å²) in [5, 5.41) is 0. The molecule has 5 nitrogen and oxygen atoms in total. The number of thiophene rings is 1. The topological polar surface area (TPSA) is 51.7 Å². The van der Waals surface area contributed by atoms with Crippen LogP contribution in [0.2, 0.25) is 4.34 Å². The zero-order valence-corrected chi connectivity index (χ0v) is 20.5. The van der Waals surface area contributed by atoms with Crippen LogP contribution in [0.1, 0.15) is 63.6 Å². The second-order valence-corrected chi connectivity index (χ2v) is 10.4. The van der Waals surface area contributed by atoms with Gasteiger partial charge < -0.3 is 14.4 Å². The molecule has 0 saturated heterocycles. The third-order valence-corrected chi connectivity index (χ3v) is 6.93. The molecule has 0 radical (unpaired) electrons. The summed E-state index contributed by atoms with van der Waals surface area (Å²) in [6, 6.07) is 5.81. The molecule has 2 aromatic heterocycles. The Balaban J connectivity index is 1.66. The van der Waals surface area contributed by atoms with E-state index in [-0.39, 0.29) is 12.7 Å². The number of aromatic nitrogens is 1. The Morgan fingerprint density at radius 2 is 2.03 bits per heavy atom. The molecular weight excluding hydrogens is 432 g/mol. The summed E-state index contributed by atoms with van der Waals surface area (Å²) in [6.45, 7) is 7.10. The first-order valence-electron chi connectivity index (χ1n) is 11.1. The maximum absolute atomic E-state index is 12.3. The molecular formula is C24H33ClN2O3S. The number of halogens is 1. The Bertz CT molecular complexity index is 878. The lowest BCUT2D eigenvalue weighted by atomic mass is 9.98. The van der Waals surface area contributed by atoms with Crippen molar-refractivity contribution in [3.63, 3.8) is 0 Å². The van der Waals surface area contributed by atoms with Crippen LogP contribution in [-0.2, 0) is 11.3 Å². The smallest absolute Gasteiger partial charge is 0.409 e. The van der Waals surface area contributed by atoms with Crippen LogP contribution in [0.5, 0.6) is 5.75 Å². The standard InChI is InChI=1S/C24H33ClN2O3S/c1-16(2)12-13-27(4)24(28)29-15-18-14-22(25)31-23(18)20-10-11-21(17(3)26-20)30-19-8-6-5-7-9-19/h10-11,14,16,19H,5-9,12-13,15H2,1-4H3. The minimum Gasteiger partial charge on any atom is -0.489 e. The quantitative estimate of drug-likeness (QED) is 0.418. The van der Waals surface area contributed by atoms with Gasteiger partial charge in [0.1, 0.15) is 12.4 Å². The van der Waals surface area contributed by atoms with Crippen molar-refractivity contribution in [1.82, 2.24) is 9.88 Å². The normalized spacial score (nSPS) is 14.6. The molecule has 0 aromatic carbocycles. The van der Waals surface area contributed by atoms with Crippen molar-refractivity contribution < 1.29 is 14.3 Å². The minimum absolute atomic E-state index is 0.171. The highest BCUT2D eigenvalue weighted by Crippen LogP contribution is 2.36. The zero-order valence-electron chi connectivity index (χ0n) is 18.9. The fraction of sp³-hybridized carbons (Fsp3) is 0.583. The first-order chi connectivity index (χ1) is 14.8. The van der Waals surface area contributed by atoms with Crippen molar-refractivity contribution >= 4 is 29.0 Å². The monoisotopic (exact) mass is 464 g/mol. The number of hydrogen-bond acceptors (Lipinski definition) is 5. The third kappa shape index (κ3) is 6.84. The Morgan fingerprint density at radius 1 is 1.29 bits per heavy atom. The Hall–Kier alpha value is -1.79. The number of ether oxygens (including phenoxy) is 2. The molecule has 0 aliphatic heterocycles. The molecule has 170 valence electrons. The molecule has 0 bridgehead atoms. The number of carbonyl (C=O) groups is 1. The summed E-state index contributed by atoms with van der Waals surface area (Å²) in [6.07, 6.45) is 6.91. The van der Waals surface area contributed by atoms with Gasteiger partial charge >= 0.3 is 6.09 Å². The highest BCUT2D eigenvalue weighted by Gasteiger charge is 2.19. The van der Waals surface area contributed by atoms with Gasteiger partial charge in [-0.1, -0.05) is 31.9 Å². The Morgan fingerprint density at radius 3 is 2.71 bits per heavy atom. The van der Waals surface area contributed by atoms with E-state index < -0.39 is 0 Å². The molecule has 1 fully saturated rings. The average Bonchev–Trinajstić information content (AvgIpc) is 3.13. The van der Waals surface area contributed by atoms with Crippen molar-refractivity contribution in [3.8, 4) is 16.3 Å². The van der Waals surface area contributed by atoms with Crippen molar-refractivity contribution in [2.75, 3.05) is 13.6 Å². The van der Waals surface area contributed by atoms with Gasteiger partial charge in [-0.2, -0.15) is 0 Å². The molecule has 0 unspecified atom stereocenters. The van der Waals surface area contributed by atoms with Gasteiger partial charge in [-0.05, 0) is 63.1 Å². The fourth-order valence-corrected chi connectivity index (χ4v) is 4.90. The summed E-state index contributed by atoms with van der Waals surface area (Å²) < 4.78 is 12.4. The number of pyridine rings is 1. The molecule has 2 heterocycles. The van der Waals surface area contributed by atoms with Gasteiger partial charge in [0, 0.05) is 19.2 Å². The van der Waals surface area contributed by atoms with Crippen LogP contribution < -0.4 is 4.74 Å². The molecule has 0 atom stereocenters. The largest absolute Gasteiger partial charge is 0.489 e. The van der Waals surface area contributed by atoms with Crippen LogP contribution in [0.25, 0.3) is 10.6 Å². The minimum atomic E-state index is -0.325. The summed E-state index contributed by atoms with van der Waals surface area (Å²) in [7, 11) is 1.77. The Labute approximate surface area is 194 Å². The summed E-state index contributed by atoms with van der Waals surface area (Å²) in [4.78, 5) is 19.6. The number of nitrogens with zero attached hydrogens (tertiary/aromatic N) is 2. The van der Waals surface area contributed by atoms with Gasteiger partial charge in [0.25, 0.3) is 0 Å². The number of aryl methyl sites for hydroxylation is 1. The first-order valence-corrected chi connectivity index (χ1v) is 12.3. The van der Waals surface area contributed by atoms with Crippen molar-refractivity contribution in [1.29, 1.82) is 0 Å². The maximum atomic E-state index is 12.3. The first kappa shape index (κ1) is 23.9. The molecule has 0 spiro atoms. The Kier molecular flexibility index (Phi) is 8.61. The predicted molar refractivity (Wildman–Crippen MR) is 127 cm³/mol. The summed E-state index contributed by atoms with van der Waals surface area (Å²) >= 11 is 7.74. The van der Waals surface area contributed by atoms with Crippen LogP contribution in [-0.4, -0.2) is 35.7 Å². The summed E-state index contributed by atoms with van der Waals surface area (Å²) in [5.74, 6) is 1.38. The van der Waals surface area contributed by atoms with Crippen molar-refractivity contribution in [3.05, 3.63) is 33.8 Å². The van der Waals surface area contributed by atoms with Gasteiger partial charge in [-0.15, -0.1) is 11.3 Å². The number of carbonyl (C=O) groups excluding carboxylic acids is 1. The van der Waals surface area contributed by atoms with E-state index in [1.807, 2.05) is 25.1 Å². The summed E-state index contributed by atoms with van der Waals surface area (Å²) in [5.41, 5.74) is 2.56. The van der Waals surface area contributed by atoms with Crippen LogP contribution in [0.15, 0.2) is 18.2 Å². The predicted octanol–water partition coefficient (Wildman–Crippen LogP) is 7.10. The van der Waals surface area contributed by atoms with E-state index in [4.69, 9.17) is 26.1 Å². The van der Waals surface area contributed by atoms with Gasteiger partial charge in [-0.3, -0.25) is 0 Å². The van der Waals surface area contributed by atoms with Gasteiger partial charge in [0.05, 0.1) is 26.7 Å². The van der Waals surface area contributed by atoms with Crippen LogP contribution >= 0.6 is 22.9 Å². The highest BCUT2D eigenvalue weighted by molar-refractivity contribution is 7.19. The lowest BCUT2D eigenvalue weighted by Gasteiger charge is -2.23. The average molecular weight is 465 g/mol. The van der Waals surface area contributed by atoms with Crippen molar-refractivity contribution in [2.24, 2.45) is 5.92 Å². The van der Waals surface area contributed by atoms with E-state index in [2.05, 4.69) is 13.8 Å². The number of rotatable bonds is 8. The van der Waals surface area contributed by atoms with Crippen molar-refractivity contribution in [2.45, 2.75) is 72.0 Å². The maximum Gasteiger partial charge on any atom is 0.409 e. The molecule has 31 heavy (non-hydrogen) atoms. The SMILES string of the molecule is Cc1nc(-c2sc(Cl)cc2COC(=O)N(C)CCC(C)C)ccc1OC1CCCCC1. The molecule has 7 heteroatoms. The third-order valence-electron chi connectivity index (χ3n) is 5.60. The molecule has 1 aliphatic carbocycles. The molecule has 2 aromatic rings. The number of hydrogen-bond donors (Lipinski definition) is 0. The van der Waals surface area contributed by atoms with Gasteiger partial charge in [0.2, 0.25) is 0 Å². The van der Waals surface area contributed by atoms with E-state index in [1.54, 1.807) is 11.9 Å². The molecule has 3 rings (SSSR count). The molecule has 0 N–H and O–H groups in total.